The average Bonchev–Trinajstić information content (AvgIpc) is 2.67. The summed E-state index contributed by atoms with van der Waals surface area (Å²) in [5.41, 5.74) is 6.32. The molecule has 2 atom stereocenters. The Bertz CT molecular complexity index is 873. The summed E-state index contributed by atoms with van der Waals surface area (Å²) in [6.07, 6.45) is -1.26. The van der Waals surface area contributed by atoms with Crippen LogP contribution in [0, 0.1) is 0 Å². The monoisotopic (exact) mass is 419 g/mol. The highest BCUT2D eigenvalue weighted by Crippen LogP contribution is 2.21. The molecule has 0 bridgehead atoms. The first-order valence-corrected chi connectivity index (χ1v) is 9.12. The Kier molecular flexibility index (Phi) is 7.85. The smallest absolute Gasteiger partial charge is 0.312 e. The molecule has 0 radical (unpaired) electrons. The zero-order valence-corrected chi connectivity index (χ0v) is 16.7. The number of benzene rings is 2. The number of anilines is 1. The van der Waals surface area contributed by atoms with Crippen LogP contribution >= 0.6 is 11.6 Å². The lowest BCUT2D eigenvalue weighted by molar-refractivity contribution is -0.153. The molecule has 2 rings (SSSR count). The van der Waals surface area contributed by atoms with E-state index in [1.54, 1.807) is 48.5 Å². The number of amides is 3. The molecule has 3 amide bonds. The topological polar surface area (TPSA) is 120 Å². The molecule has 0 saturated carbocycles. The third kappa shape index (κ3) is 7.00. The van der Waals surface area contributed by atoms with Crippen LogP contribution in [0.15, 0.2) is 48.5 Å². The molecule has 0 aliphatic rings. The van der Waals surface area contributed by atoms with Gasteiger partial charge in [-0.05, 0) is 36.8 Å². The molecule has 29 heavy (non-hydrogen) atoms. The van der Waals surface area contributed by atoms with Crippen LogP contribution in [0.5, 0.6) is 5.75 Å². The van der Waals surface area contributed by atoms with Gasteiger partial charge >= 0.3 is 12.0 Å². The quantitative estimate of drug-likeness (QED) is 0.568. The average molecular weight is 420 g/mol. The number of rotatable bonds is 8. The van der Waals surface area contributed by atoms with Gasteiger partial charge in [-0.2, -0.15) is 0 Å². The van der Waals surface area contributed by atoms with Gasteiger partial charge in [0, 0.05) is 16.8 Å². The highest BCUT2D eigenvalue weighted by molar-refractivity contribution is 6.30. The Morgan fingerprint density at radius 2 is 1.83 bits per heavy atom. The molecule has 0 aliphatic heterocycles. The van der Waals surface area contributed by atoms with Crippen LogP contribution in [0.4, 0.5) is 10.5 Å². The van der Waals surface area contributed by atoms with Gasteiger partial charge in [0.15, 0.2) is 6.10 Å². The minimum absolute atomic E-state index is 0.207. The van der Waals surface area contributed by atoms with E-state index in [2.05, 4.69) is 10.6 Å². The van der Waals surface area contributed by atoms with Gasteiger partial charge in [0.05, 0.1) is 19.6 Å². The maximum Gasteiger partial charge on any atom is 0.312 e. The van der Waals surface area contributed by atoms with Gasteiger partial charge in [-0.3, -0.25) is 9.59 Å². The minimum Gasteiger partial charge on any atom is -0.497 e. The molecule has 0 spiro atoms. The molecule has 0 heterocycles. The molecule has 2 aromatic carbocycles. The first-order chi connectivity index (χ1) is 13.8. The third-order valence-corrected chi connectivity index (χ3v) is 4.23. The Hall–Kier alpha value is -3.26. The standard InChI is InChI=1S/C20H22ClN3O5/c1-12(19(26)23-15-4-3-5-16(10-15)28-2)29-18(25)11-17(24-20(22)27)13-6-8-14(21)9-7-13/h3-10,12,17H,11H2,1-2H3,(H,23,26)(H3,22,24,27)/t12-,17-/m0/s1. The van der Waals surface area contributed by atoms with E-state index in [9.17, 15) is 14.4 Å². The molecule has 0 saturated heterocycles. The Balaban J connectivity index is 1.97. The van der Waals surface area contributed by atoms with Crippen LogP contribution in [0.1, 0.15) is 24.9 Å². The number of primary amides is 1. The summed E-state index contributed by atoms with van der Waals surface area (Å²) in [6, 6.07) is 11.8. The number of hydrogen-bond donors (Lipinski definition) is 3. The van der Waals surface area contributed by atoms with Crippen molar-refractivity contribution in [2.24, 2.45) is 5.73 Å². The number of nitrogens with two attached hydrogens (primary N) is 1. The van der Waals surface area contributed by atoms with Crippen LogP contribution < -0.4 is 21.1 Å². The first-order valence-electron chi connectivity index (χ1n) is 8.74. The molecule has 0 unspecified atom stereocenters. The van der Waals surface area contributed by atoms with E-state index in [0.717, 1.165) is 0 Å². The normalized spacial score (nSPS) is 12.4. The zero-order valence-electron chi connectivity index (χ0n) is 16.0. The number of methoxy groups -OCH3 is 1. The molecule has 154 valence electrons. The van der Waals surface area contributed by atoms with Crippen molar-refractivity contribution in [2.75, 3.05) is 12.4 Å². The number of hydrogen-bond acceptors (Lipinski definition) is 5. The van der Waals surface area contributed by atoms with Crippen LogP contribution in [0.25, 0.3) is 0 Å². The number of ether oxygens (including phenoxy) is 2. The van der Waals surface area contributed by atoms with E-state index in [1.165, 1.54) is 14.0 Å². The third-order valence-electron chi connectivity index (χ3n) is 3.97. The predicted molar refractivity (Wildman–Crippen MR) is 109 cm³/mol. The van der Waals surface area contributed by atoms with Crippen LogP contribution in [-0.4, -0.2) is 31.1 Å². The predicted octanol–water partition coefficient (Wildman–Crippen LogP) is 3.02. The number of urea groups is 1. The molecule has 0 fully saturated rings. The molecular formula is C20H22ClN3O5. The summed E-state index contributed by atoms with van der Waals surface area (Å²) in [5, 5.41) is 5.64. The lowest BCUT2D eigenvalue weighted by Crippen LogP contribution is -2.36. The van der Waals surface area contributed by atoms with E-state index in [4.69, 9.17) is 26.8 Å². The number of carbonyl (C=O) groups is 3. The van der Waals surface area contributed by atoms with Crippen molar-refractivity contribution in [2.45, 2.75) is 25.5 Å². The van der Waals surface area contributed by atoms with Crippen molar-refractivity contribution in [1.29, 1.82) is 0 Å². The first kappa shape index (κ1) is 22.0. The maximum atomic E-state index is 12.3. The largest absolute Gasteiger partial charge is 0.497 e. The Labute approximate surface area is 173 Å². The Morgan fingerprint density at radius 3 is 2.45 bits per heavy atom. The van der Waals surface area contributed by atoms with Gasteiger partial charge < -0.3 is 25.8 Å². The molecule has 0 aromatic heterocycles. The summed E-state index contributed by atoms with van der Waals surface area (Å²) in [4.78, 5) is 35.9. The fourth-order valence-corrected chi connectivity index (χ4v) is 2.66. The van der Waals surface area contributed by atoms with Crippen LogP contribution in [0.3, 0.4) is 0 Å². The maximum absolute atomic E-state index is 12.3. The van der Waals surface area contributed by atoms with E-state index in [1.807, 2.05) is 0 Å². The van der Waals surface area contributed by atoms with Crippen molar-refractivity contribution < 1.29 is 23.9 Å². The highest BCUT2D eigenvalue weighted by Gasteiger charge is 2.23. The van der Waals surface area contributed by atoms with Crippen molar-refractivity contribution >= 4 is 35.2 Å². The van der Waals surface area contributed by atoms with E-state index < -0.39 is 30.1 Å². The van der Waals surface area contributed by atoms with Crippen molar-refractivity contribution in [3.05, 3.63) is 59.1 Å². The van der Waals surface area contributed by atoms with Crippen molar-refractivity contribution in [1.82, 2.24) is 5.32 Å². The van der Waals surface area contributed by atoms with E-state index in [-0.39, 0.29) is 6.42 Å². The molecular weight excluding hydrogens is 398 g/mol. The van der Waals surface area contributed by atoms with Crippen molar-refractivity contribution in [3.63, 3.8) is 0 Å². The van der Waals surface area contributed by atoms with Crippen LogP contribution in [0.2, 0.25) is 5.02 Å². The summed E-state index contributed by atoms with van der Waals surface area (Å²) < 4.78 is 10.3. The molecule has 8 nitrogen and oxygen atoms in total. The van der Waals surface area contributed by atoms with Gasteiger partial charge in [0.2, 0.25) is 0 Å². The fraction of sp³-hybridized carbons (Fsp3) is 0.250. The van der Waals surface area contributed by atoms with E-state index in [0.29, 0.717) is 22.0 Å². The second kappa shape index (κ2) is 10.3. The van der Waals surface area contributed by atoms with Gasteiger partial charge in [-0.15, -0.1) is 0 Å². The minimum atomic E-state index is -1.05. The summed E-state index contributed by atoms with van der Waals surface area (Å²) in [5.74, 6) is -0.597. The Morgan fingerprint density at radius 1 is 1.14 bits per heavy atom. The highest BCUT2D eigenvalue weighted by atomic mass is 35.5. The van der Waals surface area contributed by atoms with Gasteiger partial charge in [-0.1, -0.05) is 29.8 Å². The summed E-state index contributed by atoms with van der Waals surface area (Å²) in [6.45, 7) is 1.45. The second-order valence-corrected chi connectivity index (χ2v) is 6.61. The number of halogens is 1. The number of nitrogens with one attached hydrogen (secondary N) is 2. The van der Waals surface area contributed by atoms with Crippen LogP contribution in [-0.2, 0) is 14.3 Å². The van der Waals surface area contributed by atoms with Gasteiger partial charge in [-0.25, -0.2) is 4.79 Å². The molecule has 4 N–H and O–H groups in total. The number of carbonyl (C=O) groups excluding carboxylic acids is 3. The summed E-state index contributed by atoms with van der Waals surface area (Å²) in [7, 11) is 1.52. The molecule has 9 heteroatoms. The lowest BCUT2D eigenvalue weighted by atomic mass is 10.0. The molecule has 0 aliphatic carbocycles. The zero-order chi connectivity index (χ0) is 21.4. The second-order valence-electron chi connectivity index (χ2n) is 6.17. The van der Waals surface area contributed by atoms with E-state index >= 15 is 0 Å². The van der Waals surface area contributed by atoms with Gasteiger partial charge in [0.25, 0.3) is 5.91 Å². The lowest BCUT2D eigenvalue weighted by Gasteiger charge is -2.19. The van der Waals surface area contributed by atoms with Crippen molar-refractivity contribution in [3.8, 4) is 5.75 Å². The fourth-order valence-electron chi connectivity index (χ4n) is 2.53. The molecule has 2 aromatic rings. The van der Waals surface area contributed by atoms with Gasteiger partial charge in [0.1, 0.15) is 5.75 Å². The summed E-state index contributed by atoms with van der Waals surface area (Å²) >= 11 is 5.86. The number of esters is 1. The SMILES string of the molecule is COc1cccc(NC(=O)[C@H](C)OC(=O)C[C@H](NC(N)=O)c2ccc(Cl)cc2)c1.